The van der Waals surface area contributed by atoms with Crippen LogP contribution in [-0.2, 0) is 9.53 Å². The minimum Gasteiger partial charge on any atom is -0.452 e. The van der Waals surface area contributed by atoms with Gasteiger partial charge in [0, 0.05) is 6.20 Å². The van der Waals surface area contributed by atoms with Crippen LogP contribution in [-0.4, -0.2) is 23.5 Å². The molecule has 1 N–H and O–H groups in total. The smallest absolute Gasteiger partial charge is 0.338 e. The molecule has 0 spiro atoms. The molecule has 0 atom stereocenters. The number of hydrogen-bond acceptors (Lipinski definition) is 4. The number of pyridine rings is 1. The van der Waals surface area contributed by atoms with Gasteiger partial charge in [-0.15, -0.1) is 0 Å². The van der Waals surface area contributed by atoms with Crippen LogP contribution in [0.5, 0.6) is 0 Å². The molecule has 0 saturated heterocycles. The summed E-state index contributed by atoms with van der Waals surface area (Å²) in [7, 11) is 0. The number of ether oxygens (including phenoxy) is 1. The molecule has 1 aromatic heterocycles. The van der Waals surface area contributed by atoms with Crippen molar-refractivity contribution in [1.82, 2.24) is 4.98 Å². The summed E-state index contributed by atoms with van der Waals surface area (Å²) in [5.74, 6) is -0.671. The summed E-state index contributed by atoms with van der Waals surface area (Å²) >= 11 is 5.69. The number of aryl methyl sites for hydroxylation is 1. The second-order valence-electron chi connectivity index (χ2n) is 4.35. The van der Waals surface area contributed by atoms with E-state index in [4.69, 9.17) is 16.3 Å². The van der Waals surface area contributed by atoms with Gasteiger partial charge in [0.15, 0.2) is 6.61 Å². The molecule has 1 amide bonds. The molecule has 1 aromatic carbocycles. The molecule has 108 valence electrons. The Labute approximate surface area is 126 Å². The Morgan fingerprint density at radius 3 is 2.52 bits per heavy atom. The average molecular weight is 305 g/mol. The molecule has 1 heterocycles. The number of amides is 1. The third-order valence-electron chi connectivity index (χ3n) is 2.62. The van der Waals surface area contributed by atoms with Crippen LogP contribution in [0.4, 0.5) is 5.82 Å². The Balaban J connectivity index is 1.84. The first-order chi connectivity index (χ1) is 10.0. The van der Waals surface area contributed by atoms with Crippen LogP contribution in [0.1, 0.15) is 15.9 Å². The number of aromatic nitrogens is 1. The molecule has 0 radical (unpaired) electrons. The molecular formula is C15H13ClN2O3. The van der Waals surface area contributed by atoms with Gasteiger partial charge in [0.2, 0.25) is 0 Å². The fourth-order valence-electron chi connectivity index (χ4n) is 1.53. The Hall–Kier alpha value is -2.40. The van der Waals surface area contributed by atoms with Crippen LogP contribution < -0.4 is 5.32 Å². The molecule has 2 aromatic rings. The highest BCUT2D eigenvalue weighted by Gasteiger charge is 2.10. The summed E-state index contributed by atoms with van der Waals surface area (Å²) in [6.07, 6.45) is 1.41. The van der Waals surface area contributed by atoms with E-state index in [9.17, 15) is 9.59 Å². The molecule has 0 saturated carbocycles. The molecule has 0 aliphatic carbocycles. The van der Waals surface area contributed by atoms with Gasteiger partial charge in [-0.25, -0.2) is 9.78 Å². The van der Waals surface area contributed by atoms with E-state index in [1.54, 1.807) is 36.4 Å². The van der Waals surface area contributed by atoms with Gasteiger partial charge in [-0.2, -0.15) is 0 Å². The lowest BCUT2D eigenvalue weighted by atomic mass is 10.1. The summed E-state index contributed by atoms with van der Waals surface area (Å²) in [5, 5.41) is 2.97. The number of rotatable bonds is 4. The molecule has 21 heavy (non-hydrogen) atoms. The highest BCUT2D eigenvalue weighted by Crippen LogP contribution is 2.09. The maximum absolute atomic E-state index is 11.7. The molecule has 5 nitrogen and oxygen atoms in total. The summed E-state index contributed by atoms with van der Waals surface area (Å²) in [6.45, 7) is 1.54. The highest BCUT2D eigenvalue weighted by atomic mass is 35.5. The average Bonchev–Trinajstić information content (AvgIpc) is 2.48. The van der Waals surface area contributed by atoms with Crippen molar-refractivity contribution in [3.8, 4) is 0 Å². The summed E-state index contributed by atoms with van der Waals surface area (Å²) in [6, 6.07) is 10.1. The van der Waals surface area contributed by atoms with E-state index in [-0.39, 0.29) is 6.61 Å². The second-order valence-corrected chi connectivity index (χ2v) is 4.79. The number of halogens is 1. The SMILES string of the molecule is Cc1ccc(C(=O)OCC(=O)Nc2ccc(Cl)cn2)cc1. The van der Waals surface area contributed by atoms with Crippen molar-refractivity contribution in [3.63, 3.8) is 0 Å². The highest BCUT2D eigenvalue weighted by molar-refractivity contribution is 6.30. The maximum atomic E-state index is 11.7. The predicted octanol–water partition coefficient (Wildman–Crippen LogP) is 2.84. The number of hydrogen-bond donors (Lipinski definition) is 1. The lowest BCUT2D eigenvalue weighted by Gasteiger charge is -2.06. The third kappa shape index (κ3) is 4.57. The van der Waals surface area contributed by atoms with Crippen LogP contribution in [0.3, 0.4) is 0 Å². The zero-order valence-electron chi connectivity index (χ0n) is 11.3. The van der Waals surface area contributed by atoms with E-state index in [1.807, 2.05) is 6.92 Å². The Kier molecular flexibility index (Phi) is 4.90. The number of carbonyl (C=O) groups is 2. The van der Waals surface area contributed by atoms with Gasteiger partial charge in [-0.1, -0.05) is 29.3 Å². The Bertz CT molecular complexity index is 639. The lowest BCUT2D eigenvalue weighted by Crippen LogP contribution is -2.21. The number of nitrogens with one attached hydrogen (secondary N) is 1. The number of esters is 1. The van der Waals surface area contributed by atoms with Gasteiger partial charge < -0.3 is 10.1 Å². The third-order valence-corrected chi connectivity index (χ3v) is 2.84. The van der Waals surface area contributed by atoms with E-state index in [0.29, 0.717) is 16.4 Å². The normalized spacial score (nSPS) is 10.0. The van der Waals surface area contributed by atoms with Crippen molar-refractivity contribution in [3.05, 3.63) is 58.7 Å². The lowest BCUT2D eigenvalue weighted by molar-refractivity contribution is -0.119. The zero-order chi connectivity index (χ0) is 15.2. The predicted molar refractivity (Wildman–Crippen MR) is 79.3 cm³/mol. The van der Waals surface area contributed by atoms with Gasteiger partial charge in [0.25, 0.3) is 5.91 Å². The maximum Gasteiger partial charge on any atom is 0.338 e. The van der Waals surface area contributed by atoms with E-state index in [2.05, 4.69) is 10.3 Å². The molecule has 0 aliphatic rings. The Morgan fingerprint density at radius 1 is 1.19 bits per heavy atom. The molecule has 6 heteroatoms. The van der Waals surface area contributed by atoms with Gasteiger partial charge >= 0.3 is 5.97 Å². The van der Waals surface area contributed by atoms with Crippen molar-refractivity contribution in [2.75, 3.05) is 11.9 Å². The molecular weight excluding hydrogens is 292 g/mol. The van der Waals surface area contributed by atoms with Gasteiger partial charge in [0.05, 0.1) is 10.6 Å². The van der Waals surface area contributed by atoms with Crippen LogP contribution in [0.25, 0.3) is 0 Å². The number of nitrogens with zero attached hydrogens (tertiary/aromatic N) is 1. The molecule has 0 unspecified atom stereocenters. The molecule has 0 aliphatic heterocycles. The number of anilines is 1. The van der Waals surface area contributed by atoms with Crippen molar-refractivity contribution in [2.24, 2.45) is 0 Å². The van der Waals surface area contributed by atoms with Crippen LogP contribution >= 0.6 is 11.6 Å². The first kappa shape index (κ1) is 15.0. The molecule has 0 fully saturated rings. The largest absolute Gasteiger partial charge is 0.452 e. The van der Waals surface area contributed by atoms with E-state index < -0.39 is 11.9 Å². The summed E-state index contributed by atoms with van der Waals surface area (Å²) < 4.78 is 4.92. The quantitative estimate of drug-likeness (QED) is 0.882. The summed E-state index contributed by atoms with van der Waals surface area (Å²) in [5.41, 5.74) is 1.44. The van der Waals surface area contributed by atoms with Crippen LogP contribution in [0.15, 0.2) is 42.6 Å². The van der Waals surface area contributed by atoms with Crippen molar-refractivity contribution in [2.45, 2.75) is 6.92 Å². The van der Waals surface area contributed by atoms with Crippen LogP contribution in [0, 0.1) is 6.92 Å². The summed E-state index contributed by atoms with van der Waals surface area (Å²) in [4.78, 5) is 27.3. The van der Waals surface area contributed by atoms with Gasteiger partial charge in [-0.3, -0.25) is 4.79 Å². The first-order valence-electron chi connectivity index (χ1n) is 6.20. The van der Waals surface area contributed by atoms with Crippen molar-refractivity contribution < 1.29 is 14.3 Å². The first-order valence-corrected chi connectivity index (χ1v) is 6.57. The van der Waals surface area contributed by atoms with Gasteiger partial charge in [-0.05, 0) is 31.2 Å². The van der Waals surface area contributed by atoms with Crippen LogP contribution in [0.2, 0.25) is 5.02 Å². The van der Waals surface area contributed by atoms with E-state index >= 15 is 0 Å². The minimum atomic E-state index is -0.547. The molecule has 0 bridgehead atoms. The van der Waals surface area contributed by atoms with E-state index in [0.717, 1.165) is 5.56 Å². The number of carbonyl (C=O) groups excluding carboxylic acids is 2. The zero-order valence-corrected chi connectivity index (χ0v) is 12.1. The fourth-order valence-corrected chi connectivity index (χ4v) is 1.64. The standard InChI is InChI=1S/C15H13ClN2O3/c1-10-2-4-11(5-3-10)15(20)21-9-14(19)18-13-7-6-12(16)8-17-13/h2-8H,9H2,1H3,(H,17,18,19). The minimum absolute atomic E-state index is 0.343. The number of benzene rings is 1. The van der Waals surface area contributed by atoms with Gasteiger partial charge in [0.1, 0.15) is 5.82 Å². The molecule has 2 rings (SSSR count). The van der Waals surface area contributed by atoms with Crippen molar-refractivity contribution >= 4 is 29.3 Å². The van der Waals surface area contributed by atoms with Crippen molar-refractivity contribution in [1.29, 1.82) is 0 Å². The second kappa shape index (κ2) is 6.85. The Morgan fingerprint density at radius 2 is 1.90 bits per heavy atom. The van der Waals surface area contributed by atoms with E-state index in [1.165, 1.54) is 6.20 Å². The fraction of sp³-hybridized carbons (Fsp3) is 0.133. The monoisotopic (exact) mass is 304 g/mol. The topological polar surface area (TPSA) is 68.3 Å².